The van der Waals surface area contributed by atoms with Crippen molar-refractivity contribution in [3.8, 4) is 5.75 Å². The highest BCUT2D eigenvalue weighted by Gasteiger charge is 2.28. The molecule has 1 heterocycles. The van der Waals surface area contributed by atoms with Crippen molar-refractivity contribution < 1.29 is 33.4 Å². The van der Waals surface area contributed by atoms with E-state index in [2.05, 4.69) is 10.3 Å². The standard InChI is InChI=1S/C27H29FN2O6/c1-27(2,26(34)30-16-18-7-5-9-22(28)24(18)32)12-13-36-23(31)11-10-19-14-21-17(15-29-19)6-4-8-20(21)25(33)35-3/h4-9,14-15,32H,10-13,16H2,1-3H3,(H,30,34). The van der Waals surface area contributed by atoms with Crippen molar-refractivity contribution in [3.63, 3.8) is 0 Å². The topological polar surface area (TPSA) is 115 Å². The molecule has 9 heteroatoms. The maximum atomic E-state index is 13.5. The first-order valence-electron chi connectivity index (χ1n) is 11.5. The van der Waals surface area contributed by atoms with Crippen molar-refractivity contribution in [2.24, 2.45) is 5.41 Å². The summed E-state index contributed by atoms with van der Waals surface area (Å²) < 4.78 is 23.6. The lowest BCUT2D eigenvalue weighted by Crippen LogP contribution is -2.37. The third-order valence-corrected chi connectivity index (χ3v) is 5.93. The molecule has 0 radical (unpaired) electrons. The summed E-state index contributed by atoms with van der Waals surface area (Å²) in [4.78, 5) is 41.2. The SMILES string of the molecule is COC(=O)c1cccc2cnc(CCC(=O)OCCC(C)(C)C(=O)NCc3cccc(F)c3O)cc12. The molecule has 2 N–H and O–H groups in total. The third-order valence-electron chi connectivity index (χ3n) is 5.93. The number of nitrogens with zero attached hydrogens (tertiary/aromatic N) is 1. The van der Waals surface area contributed by atoms with E-state index in [-0.39, 0.29) is 37.5 Å². The highest BCUT2D eigenvalue weighted by Crippen LogP contribution is 2.24. The van der Waals surface area contributed by atoms with Crippen molar-refractivity contribution >= 4 is 28.6 Å². The first kappa shape index (κ1) is 26.6. The summed E-state index contributed by atoms with van der Waals surface area (Å²) in [6.45, 7) is 3.43. The van der Waals surface area contributed by atoms with Gasteiger partial charge in [0.05, 0.1) is 25.7 Å². The lowest BCUT2D eigenvalue weighted by atomic mass is 9.88. The van der Waals surface area contributed by atoms with E-state index in [0.29, 0.717) is 23.1 Å². The maximum Gasteiger partial charge on any atom is 0.338 e. The van der Waals surface area contributed by atoms with Gasteiger partial charge in [0.2, 0.25) is 5.91 Å². The Kier molecular flexibility index (Phi) is 8.58. The smallest absolute Gasteiger partial charge is 0.338 e. The van der Waals surface area contributed by atoms with Crippen molar-refractivity contribution in [1.82, 2.24) is 10.3 Å². The number of methoxy groups -OCH3 is 1. The number of amides is 1. The zero-order chi connectivity index (χ0) is 26.3. The molecule has 190 valence electrons. The van der Waals surface area contributed by atoms with Gasteiger partial charge in [0.25, 0.3) is 0 Å². The number of rotatable bonds is 10. The summed E-state index contributed by atoms with van der Waals surface area (Å²) in [6.07, 6.45) is 2.33. The predicted octanol–water partition coefficient (Wildman–Crippen LogP) is 4.07. The number of phenolic OH excluding ortho intramolecular Hbond substituents is 1. The van der Waals surface area contributed by atoms with E-state index >= 15 is 0 Å². The van der Waals surface area contributed by atoms with Crippen molar-refractivity contribution in [2.75, 3.05) is 13.7 Å². The molecule has 1 aromatic heterocycles. The number of aromatic hydroxyl groups is 1. The molecular formula is C27H29FN2O6. The number of ether oxygens (including phenoxy) is 2. The van der Waals surface area contributed by atoms with E-state index in [1.807, 2.05) is 6.07 Å². The predicted molar refractivity (Wildman–Crippen MR) is 131 cm³/mol. The Labute approximate surface area is 208 Å². The van der Waals surface area contributed by atoms with Gasteiger partial charge in [-0.2, -0.15) is 0 Å². The minimum Gasteiger partial charge on any atom is -0.505 e. The van der Waals surface area contributed by atoms with Gasteiger partial charge in [-0.3, -0.25) is 14.6 Å². The summed E-state index contributed by atoms with van der Waals surface area (Å²) in [5.41, 5.74) is 0.477. The van der Waals surface area contributed by atoms with E-state index in [4.69, 9.17) is 9.47 Å². The minimum atomic E-state index is -0.854. The van der Waals surface area contributed by atoms with Gasteiger partial charge in [-0.1, -0.05) is 38.1 Å². The van der Waals surface area contributed by atoms with Crippen LogP contribution >= 0.6 is 0 Å². The van der Waals surface area contributed by atoms with Gasteiger partial charge in [-0.15, -0.1) is 0 Å². The van der Waals surface area contributed by atoms with Gasteiger partial charge in [0.15, 0.2) is 11.6 Å². The number of benzene rings is 2. The van der Waals surface area contributed by atoms with Crippen LogP contribution in [0.25, 0.3) is 10.8 Å². The van der Waals surface area contributed by atoms with Gasteiger partial charge in [-0.25, -0.2) is 9.18 Å². The van der Waals surface area contributed by atoms with E-state index in [9.17, 15) is 23.9 Å². The number of phenols is 1. The fraction of sp³-hybridized carbons (Fsp3) is 0.333. The van der Waals surface area contributed by atoms with Crippen LogP contribution in [-0.4, -0.2) is 41.7 Å². The highest BCUT2D eigenvalue weighted by molar-refractivity contribution is 6.04. The molecule has 0 saturated heterocycles. The fourth-order valence-electron chi connectivity index (χ4n) is 3.59. The number of hydrogen-bond acceptors (Lipinski definition) is 7. The number of aromatic nitrogens is 1. The molecule has 0 aliphatic carbocycles. The third kappa shape index (κ3) is 6.56. The molecule has 2 aromatic carbocycles. The minimum absolute atomic E-state index is 0.0257. The average molecular weight is 497 g/mol. The van der Waals surface area contributed by atoms with Crippen LogP contribution in [-0.2, 0) is 32.0 Å². The van der Waals surface area contributed by atoms with Crippen LogP contribution in [0.4, 0.5) is 4.39 Å². The van der Waals surface area contributed by atoms with Crippen LogP contribution in [0.1, 0.15) is 48.3 Å². The second kappa shape index (κ2) is 11.6. The fourth-order valence-corrected chi connectivity index (χ4v) is 3.59. The van der Waals surface area contributed by atoms with Crippen LogP contribution < -0.4 is 5.32 Å². The van der Waals surface area contributed by atoms with Crippen LogP contribution in [0.15, 0.2) is 48.7 Å². The van der Waals surface area contributed by atoms with E-state index in [0.717, 1.165) is 11.5 Å². The van der Waals surface area contributed by atoms with E-state index in [1.54, 1.807) is 38.2 Å². The first-order chi connectivity index (χ1) is 17.1. The van der Waals surface area contributed by atoms with Crippen LogP contribution in [0.2, 0.25) is 0 Å². The first-order valence-corrected chi connectivity index (χ1v) is 11.5. The number of carbonyl (C=O) groups excluding carboxylic acids is 3. The number of hydrogen-bond donors (Lipinski definition) is 2. The van der Waals surface area contributed by atoms with Crippen molar-refractivity contribution in [1.29, 1.82) is 0 Å². The molecule has 0 bridgehead atoms. The molecule has 3 aromatic rings. The number of esters is 2. The molecule has 0 unspecified atom stereocenters. The molecule has 8 nitrogen and oxygen atoms in total. The Hall–Kier alpha value is -4.01. The molecule has 3 rings (SSSR count). The monoisotopic (exact) mass is 496 g/mol. The van der Waals surface area contributed by atoms with Gasteiger partial charge in [0, 0.05) is 41.2 Å². The molecule has 0 saturated carbocycles. The van der Waals surface area contributed by atoms with Crippen LogP contribution in [0, 0.1) is 11.2 Å². The summed E-state index contributed by atoms with van der Waals surface area (Å²) in [5.74, 6) is -2.44. The highest BCUT2D eigenvalue weighted by atomic mass is 19.1. The molecule has 1 amide bonds. The zero-order valence-corrected chi connectivity index (χ0v) is 20.5. The molecule has 36 heavy (non-hydrogen) atoms. The Morgan fingerprint density at radius 1 is 1.14 bits per heavy atom. The van der Waals surface area contributed by atoms with E-state index < -0.39 is 28.9 Å². The number of nitrogens with one attached hydrogen (secondary N) is 1. The lowest BCUT2D eigenvalue weighted by molar-refractivity contribution is -0.145. The number of aryl methyl sites for hydroxylation is 1. The summed E-state index contributed by atoms with van der Waals surface area (Å²) >= 11 is 0. The van der Waals surface area contributed by atoms with Gasteiger partial charge < -0.3 is 19.9 Å². The van der Waals surface area contributed by atoms with Crippen LogP contribution in [0.5, 0.6) is 5.75 Å². The summed E-state index contributed by atoms with van der Waals surface area (Å²) in [5, 5.41) is 13.9. The van der Waals surface area contributed by atoms with Gasteiger partial charge in [0.1, 0.15) is 0 Å². The summed E-state index contributed by atoms with van der Waals surface area (Å²) in [6, 6.07) is 11.1. The normalized spacial score (nSPS) is 11.2. The number of fused-ring (bicyclic) bond motifs is 1. The second-order valence-electron chi connectivity index (χ2n) is 8.98. The maximum absolute atomic E-state index is 13.5. The number of carbonyl (C=O) groups is 3. The van der Waals surface area contributed by atoms with Gasteiger partial charge in [-0.05, 0) is 30.0 Å². The molecule has 0 spiro atoms. The van der Waals surface area contributed by atoms with Gasteiger partial charge >= 0.3 is 11.9 Å². The molecule has 0 atom stereocenters. The van der Waals surface area contributed by atoms with E-state index in [1.165, 1.54) is 19.2 Å². The Balaban J connectivity index is 1.48. The van der Waals surface area contributed by atoms with Crippen LogP contribution in [0.3, 0.4) is 0 Å². The number of halogens is 1. The number of pyridine rings is 1. The molecular weight excluding hydrogens is 467 g/mol. The average Bonchev–Trinajstić information content (AvgIpc) is 2.87. The van der Waals surface area contributed by atoms with Crippen molar-refractivity contribution in [2.45, 2.75) is 39.7 Å². The summed E-state index contributed by atoms with van der Waals surface area (Å²) in [7, 11) is 1.32. The van der Waals surface area contributed by atoms with Crippen molar-refractivity contribution in [3.05, 3.63) is 71.3 Å². The second-order valence-corrected chi connectivity index (χ2v) is 8.98. The zero-order valence-electron chi connectivity index (χ0n) is 20.5. The molecule has 0 aliphatic rings. The largest absolute Gasteiger partial charge is 0.505 e. The Morgan fingerprint density at radius 3 is 2.64 bits per heavy atom. The lowest BCUT2D eigenvalue weighted by Gasteiger charge is -2.23. The Morgan fingerprint density at radius 2 is 1.89 bits per heavy atom. The number of para-hydroxylation sites is 1. The molecule has 0 aliphatic heterocycles. The quantitative estimate of drug-likeness (QED) is 0.407. The Bertz CT molecular complexity index is 1270. The molecule has 0 fully saturated rings.